The fourth-order valence-corrected chi connectivity index (χ4v) is 6.55. The number of benzene rings is 1. The van der Waals surface area contributed by atoms with Gasteiger partial charge in [0.2, 0.25) is 0 Å². The SMILES string of the molecule is CC1(C)c2cccnc2N2c3sc(C=C4C(=O)NC(=O)NC4=O)cc3C(C)(C)c3cccc1c32. The minimum atomic E-state index is -0.805. The van der Waals surface area contributed by atoms with Crippen molar-refractivity contribution in [1.29, 1.82) is 0 Å². The number of rotatable bonds is 1. The van der Waals surface area contributed by atoms with Crippen LogP contribution in [0.1, 0.15) is 54.8 Å². The topological polar surface area (TPSA) is 91.4 Å². The minimum Gasteiger partial charge on any atom is -0.285 e. The summed E-state index contributed by atoms with van der Waals surface area (Å²) in [5.41, 5.74) is 5.22. The van der Waals surface area contributed by atoms with Crippen molar-refractivity contribution in [3.8, 4) is 0 Å². The number of thiophene rings is 1. The number of hydrogen-bond acceptors (Lipinski definition) is 6. The van der Waals surface area contributed by atoms with Gasteiger partial charge >= 0.3 is 6.03 Å². The van der Waals surface area contributed by atoms with Gasteiger partial charge in [-0.2, -0.15) is 0 Å². The molecule has 0 atom stereocenters. The number of urea groups is 1. The molecule has 0 aliphatic carbocycles. The van der Waals surface area contributed by atoms with Crippen LogP contribution in [0.4, 0.5) is 21.3 Å². The first kappa shape index (κ1) is 20.8. The van der Waals surface area contributed by atoms with Crippen molar-refractivity contribution in [1.82, 2.24) is 15.6 Å². The van der Waals surface area contributed by atoms with E-state index in [1.807, 2.05) is 18.3 Å². The second kappa shape index (κ2) is 6.64. The van der Waals surface area contributed by atoms with E-state index in [0.717, 1.165) is 32.5 Å². The summed E-state index contributed by atoms with van der Waals surface area (Å²) in [5, 5.41) is 5.29. The third-order valence-electron chi connectivity index (χ3n) is 7.12. The first-order valence-electron chi connectivity index (χ1n) is 11.0. The van der Waals surface area contributed by atoms with Crippen molar-refractivity contribution in [3.05, 3.63) is 75.3 Å². The maximum Gasteiger partial charge on any atom is 0.328 e. The van der Waals surface area contributed by atoms with Crippen molar-refractivity contribution in [2.75, 3.05) is 4.90 Å². The van der Waals surface area contributed by atoms with Crippen molar-refractivity contribution in [2.24, 2.45) is 0 Å². The molecule has 170 valence electrons. The number of fused-ring (bicyclic) bond motifs is 4. The van der Waals surface area contributed by atoms with Gasteiger partial charge in [0.05, 0.1) is 5.69 Å². The van der Waals surface area contributed by atoms with E-state index in [2.05, 4.69) is 67.5 Å². The number of nitrogens with one attached hydrogen (secondary N) is 2. The average molecular weight is 471 g/mol. The lowest BCUT2D eigenvalue weighted by Crippen LogP contribution is -2.51. The van der Waals surface area contributed by atoms with Gasteiger partial charge in [0, 0.05) is 27.5 Å². The molecule has 1 fully saturated rings. The third kappa shape index (κ3) is 2.63. The van der Waals surface area contributed by atoms with Gasteiger partial charge in [-0.25, -0.2) is 9.78 Å². The maximum atomic E-state index is 12.3. The molecule has 4 amide bonds. The third-order valence-corrected chi connectivity index (χ3v) is 8.18. The average Bonchev–Trinajstić information content (AvgIpc) is 3.21. The van der Waals surface area contributed by atoms with Crippen LogP contribution in [-0.2, 0) is 20.4 Å². The van der Waals surface area contributed by atoms with E-state index in [1.165, 1.54) is 22.5 Å². The Morgan fingerprint density at radius 1 is 0.882 bits per heavy atom. The van der Waals surface area contributed by atoms with E-state index >= 15 is 0 Å². The van der Waals surface area contributed by atoms with Crippen molar-refractivity contribution < 1.29 is 14.4 Å². The van der Waals surface area contributed by atoms with Crippen LogP contribution in [0.2, 0.25) is 0 Å². The number of para-hydroxylation sites is 1. The van der Waals surface area contributed by atoms with Gasteiger partial charge in [-0.15, -0.1) is 11.3 Å². The van der Waals surface area contributed by atoms with Crippen LogP contribution >= 0.6 is 11.3 Å². The highest BCUT2D eigenvalue weighted by Crippen LogP contribution is 2.61. The molecular weight excluding hydrogens is 448 g/mol. The monoisotopic (exact) mass is 470 g/mol. The Morgan fingerprint density at radius 3 is 2.18 bits per heavy atom. The lowest BCUT2D eigenvalue weighted by Gasteiger charge is -2.47. The number of aromatic nitrogens is 1. The molecule has 1 aromatic carbocycles. The molecule has 5 heterocycles. The number of imide groups is 2. The molecule has 1 saturated heterocycles. The number of amides is 4. The Balaban J connectivity index is 1.60. The van der Waals surface area contributed by atoms with Gasteiger partial charge in [0.25, 0.3) is 11.8 Å². The van der Waals surface area contributed by atoms with Crippen LogP contribution in [0.15, 0.2) is 48.2 Å². The first-order chi connectivity index (χ1) is 16.1. The fourth-order valence-electron chi connectivity index (χ4n) is 5.28. The largest absolute Gasteiger partial charge is 0.328 e. The number of carbonyl (C=O) groups excluding carboxylic acids is 3. The molecule has 6 rings (SSSR count). The molecule has 2 N–H and O–H groups in total. The van der Waals surface area contributed by atoms with Crippen molar-refractivity contribution in [2.45, 2.75) is 38.5 Å². The van der Waals surface area contributed by atoms with Crippen LogP contribution in [-0.4, -0.2) is 22.8 Å². The molecule has 0 radical (unpaired) electrons. The quantitative estimate of drug-likeness (QED) is 0.399. The lowest BCUT2D eigenvalue weighted by atomic mass is 9.68. The Labute approximate surface area is 200 Å². The summed E-state index contributed by atoms with van der Waals surface area (Å²) in [6.45, 7) is 8.85. The summed E-state index contributed by atoms with van der Waals surface area (Å²) < 4.78 is 0. The molecule has 0 unspecified atom stereocenters. The van der Waals surface area contributed by atoms with Gasteiger partial charge in [0.1, 0.15) is 16.4 Å². The zero-order chi connectivity index (χ0) is 24.0. The zero-order valence-corrected chi connectivity index (χ0v) is 20.0. The summed E-state index contributed by atoms with van der Waals surface area (Å²) in [7, 11) is 0. The van der Waals surface area contributed by atoms with Crippen LogP contribution < -0.4 is 15.5 Å². The molecule has 0 saturated carbocycles. The number of hydrogen-bond donors (Lipinski definition) is 2. The standard InChI is InChI=1S/C26H22N4O3S/c1-25(2)15-7-5-8-16-19(15)30(20-17(25)9-6-10-27-20)23-18(26(16,3)4)12-13(34-23)11-14-21(31)28-24(33)29-22(14)32/h5-12H,1-4H3,(H2,28,29,31,32,33). The zero-order valence-electron chi connectivity index (χ0n) is 19.1. The summed E-state index contributed by atoms with van der Waals surface area (Å²) in [5.74, 6) is -0.502. The molecular formula is C26H22N4O3S. The van der Waals surface area contributed by atoms with Gasteiger partial charge < -0.3 is 0 Å². The highest BCUT2D eigenvalue weighted by atomic mass is 32.1. The van der Waals surface area contributed by atoms with Crippen LogP contribution in [0.5, 0.6) is 0 Å². The van der Waals surface area contributed by atoms with Crippen molar-refractivity contribution >= 4 is 51.8 Å². The summed E-state index contributed by atoms with van der Waals surface area (Å²) in [6.07, 6.45) is 3.36. The van der Waals surface area contributed by atoms with Gasteiger partial charge in [-0.05, 0) is 34.9 Å². The Bertz CT molecular complexity index is 1460. The molecule has 8 heteroatoms. The molecule has 3 aromatic rings. The number of carbonyl (C=O) groups is 3. The molecule has 3 aliphatic heterocycles. The van der Waals surface area contributed by atoms with Crippen LogP contribution in [0.25, 0.3) is 6.08 Å². The molecule has 7 nitrogen and oxygen atoms in total. The second-order valence-electron chi connectivity index (χ2n) is 9.82. The van der Waals surface area contributed by atoms with E-state index in [-0.39, 0.29) is 16.4 Å². The predicted octanol–water partition coefficient (Wildman–Crippen LogP) is 4.64. The van der Waals surface area contributed by atoms with Gasteiger partial charge in [-0.1, -0.05) is 52.0 Å². The molecule has 3 aliphatic rings. The smallest absolute Gasteiger partial charge is 0.285 e. The van der Waals surface area contributed by atoms with E-state index in [4.69, 9.17) is 4.98 Å². The molecule has 2 aromatic heterocycles. The molecule has 34 heavy (non-hydrogen) atoms. The predicted molar refractivity (Wildman–Crippen MR) is 131 cm³/mol. The highest BCUT2D eigenvalue weighted by Gasteiger charge is 2.46. The van der Waals surface area contributed by atoms with Crippen LogP contribution in [0.3, 0.4) is 0 Å². The Hall–Kier alpha value is -3.78. The Morgan fingerprint density at radius 2 is 1.50 bits per heavy atom. The normalized spacial score (nSPS) is 19.0. The molecule has 0 bridgehead atoms. The fraction of sp³-hybridized carbons (Fsp3) is 0.231. The summed E-state index contributed by atoms with van der Waals surface area (Å²) in [6, 6.07) is 11.8. The van der Waals surface area contributed by atoms with Crippen molar-refractivity contribution in [3.63, 3.8) is 0 Å². The number of nitrogens with zero attached hydrogens (tertiary/aromatic N) is 2. The van der Waals surface area contributed by atoms with E-state index in [1.54, 1.807) is 6.08 Å². The van der Waals surface area contributed by atoms with Crippen LogP contribution in [0, 0.1) is 0 Å². The molecule has 0 spiro atoms. The van der Waals surface area contributed by atoms with E-state index in [0.29, 0.717) is 0 Å². The Kier molecular flexibility index (Phi) is 4.06. The summed E-state index contributed by atoms with van der Waals surface area (Å²) >= 11 is 1.50. The first-order valence-corrected chi connectivity index (χ1v) is 11.8. The second-order valence-corrected chi connectivity index (χ2v) is 10.9. The van der Waals surface area contributed by atoms with E-state index in [9.17, 15) is 14.4 Å². The van der Waals surface area contributed by atoms with Gasteiger partial charge in [-0.3, -0.25) is 25.1 Å². The highest BCUT2D eigenvalue weighted by molar-refractivity contribution is 7.17. The minimum absolute atomic E-state index is 0.0903. The summed E-state index contributed by atoms with van der Waals surface area (Å²) in [4.78, 5) is 43.8. The maximum absolute atomic E-state index is 12.3. The lowest BCUT2D eigenvalue weighted by molar-refractivity contribution is -0.123. The number of anilines is 3. The van der Waals surface area contributed by atoms with Gasteiger partial charge in [0.15, 0.2) is 0 Å². The number of pyridine rings is 1. The number of barbiturate groups is 1. The van der Waals surface area contributed by atoms with E-state index < -0.39 is 17.8 Å².